The molecule has 0 aliphatic heterocycles. The van der Waals surface area contributed by atoms with Crippen LogP contribution in [0.4, 0.5) is 13.2 Å². The zero-order valence-corrected chi connectivity index (χ0v) is 11.2. The molecule has 0 amide bonds. The van der Waals surface area contributed by atoms with Crippen LogP contribution in [0.25, 0.3) is 0 Å². The van der Waals surface area contributed by atoms with E-state index in [1.54, 1.807) is 0 Å². The number of hydrogen-bond donors (Lipinski definition) is 0. The van der Waals surface area contributed by atoms with Crippen LogP contribution in [0.1, 0.15) is 13.8 Å². The van der Waals surface area contributed by atoms with Crippen molar-refractivity contribution in [3.05, 3.63) is 13.8 Å². The normalized spacial score (nSPS) is 12.7. The minimum absolute atomic E-state index is 0. The van der Waals surface area contributed by atoms with Gasteiger partial charge in [0.05, 0.1) is 0 Å². The third-order valence-corrected chi connectivity index (χ3v) is 1.26. The first-order valence-electron chi connectivity index (χ1n) is 3.79. The molecule has 0 bridgehead atoms. The monoisotopic (exact) mass is 272 g/mol. The van der Waals surface area contributed by atoms with Crippen molar-refractivity contribution in [3.63, 3.8) is 0 Å². The first-order chi connectivity index (χ1) is 5.39. The Morgan fingerprint density at radius 2 is 1.62 bits per heavy atom. The number of rotatable bonds is 2. The predicted octanol–water partition coefficient (Wildman–Crippen LogP) is 2.54. The van der Waals surface area contributed by atoms with E-state index in [9.17, 15) is 13.2 Å². The van der Waals surface area contributed by atoms with E-state index in [4.69, 9.17) is 0 Å². The molecule has 0 heterocycles. The van der Waals surface area contributed by atoms with Gasteiger partial charge in [0.1, 0.15) is 0 Å². The maximum absolute atomic E-state index is 11.8. The molecule has 1 nitrogen and oxygen atoms in total. The molecule has 0 aliphatic carbocycles. The van der Waals surface area contributed by atoms with E-state index in [0.717, 1.165) is 4.90 Å². The second kappa shape index (κ2) is 9.41. The topological polar surface area (TPSA) is 3.24 Å². The van der Waals surface area contributed by atoms with Crippen LogP contribution >= 0.6 is 0 Å². The molecule has 13 heavy (non-hydrogen) atoms. The molecule has 0 aliphatic rings. The summed E-state index contributed by atoms with van der Waals surface area (Å²) in [6.07, 6.45) is -4.24. The molecule has 1 unspecified atom stereocenters. The number of hydrogen-bond acceptors (Lipinski definition) is 1. The Bertz CT molecular complexity index is 106. The van der Waals surface area contributed by atoms with Crippen molar-refractivity contribution in [1.82, 2.24) is 4.90 Å². The van der Waals surface area contributed by atoms with Crippen molar-refractivity contribution in [1.29, 1.82) is 0 Å². The molecule has 0 saturated carbocycles. The van der Waals surface area contributed by atoms with Crippen molar-refractivity contribution >= 4 is 0 Å². The Balaban J connectivity index is -0.000000309. The van der Waals surface area contributed by atoms with Crippen LogP contribution in [-0.2, 0) is 32.7 Å². The van der Waals surface area contributed by atoms with Crippen molar-refractivity contribution in [2.75, 3.05) is 13.6 Å². The molecular formula is C8H16F3NY-2. The van der Waals surface area contributed by atoms with Crippen LogP contribution < -0.4 is 0 Å². The third kappa shape index (κ3) is 9.17. The summed E-state index contributed by atoms with van der Waals surface area (Å²) in [5.74, 6) is 0. The molecule has 0 saturated heterocycles. The van der Waals surface area contributed by atoms with Crippen molar-refractivity contribution in [2.24, 2.45) is 0 Å². The molecule has 0 spiro atoms. The van der Waals surface area contributed by atoms with Crippen LogP contribution in [0.3, 0.4) is 0 Å². The fourth-order valence-corrected chi connectivity index (χ4v) is 0.406. The van der Waals surface area contributed by atoms with Gasteiger partial charge in [-0.25, -0.2) is 0 Å². The third-order valence-electron chi connectivity index (χ3n) is 1.26. The average Bonchev–Trinajstić information content (AvgIpc) is 2.04. The van der Waals surface area contributed by atoms with Gasteiger partial charge in [-0.2, -0.15) is 13.2 Å². The minimum Gasteiger partial charge on any atom is -0.354 e. The molecule has 5 heteroatoms. The van der Waals surface area contributed by atoms with E-state index in [-0.39, 0.29) is 39.3 Å². The Hall–Kier alpha value is 0.854. The average molecular weight is 272 g/mol. The van der Waals surface area contributed by atoms with Gasteiger partial charge in [-0.15, -0.1) is 6.54 Å². The Morgan fingerprint density at radius 3 is 1.69 bits per heavy atom. The molecule has 0 rings (SSSR count). The fraction of sp³-hybridized carbons (Fsp3) is 0.750. The van der Waals surface area contributed by atoms with E-state index in [0.29, 0.717) is 0 Å². The largest absolute Gasteiger partial charge is 0.377 e. The summed E-state index contributed by atoms with van der Waals surface area (Å²) in [6.45, 7) is 10.4. The molecule has 1 radical (unpaired) electrons. The SMILES string of the molecule is CC.[CH2-]CN(C)C([CH2-])C(F)(F)F.[Y]. The summed E-state index contributed by atoms with van der Waals surface area (Å²) in [6, 6.07) is -1.65. The summed E-state index contributed by atoms with van der Waals surface area (Å²) in [7, 11) is 1.33. The second-order valence-corrected chi connectivity index (χ2v) is 2.04. The van der Waals surface area contributed by atoms with Gasteiger partial charge in [0.15, 0.2) is 0 Å². The Morgan fingerprint density at radius 1 is 1.31 bits per heavy atom. The van der Waals surface area contributed by atoms with Crippen LogP contribution in [0.15, 0.2) is 0 Å². The van der Waals surface area contributed by atoms with Crippen LogP contribution in [0.2, 0.25) is 0 Å². The summed E-state index contributed by atoms with van der Waals surface area (Å²) in [5.41, 5.74) is 0. The van der Waals surface area contributed by atoms with E-state index >= 15 is 0 Å². The predicted molar refractivity (Wildman–Crippen MR) is 44.5 cm³/mol. The Kier molecular flexibility index (Phi) is 14.1. The molecule has 0 aromatic rings. The minimum atomic E-state index is -4.24. The van der Waals surface area contributed by atoms with Gasteiger partial charge in [-0.3, -0.25) is 0 Å². The summed E-state index contributed by atoms with van der Waals surface area (Å²) in [5, 5.41) is 0. The molecule has 79 valence electrons. The first kappa shape index (κ1) is 19.4. The van der Waals surface area contributed by atoms with Crippen LogP contribution in [0.5, 0.6) is 0 Å². The molecule has 0 aromatic carbocycles. The molecular weight excluding hydrogens is 256 g/mol. The molecule has 1 atom stereocenters. The van der Waals surface area contributed by atoms with Crippen molar-refractivity contribution < 1.29 is 45.9 Å². The smallest absolute Gasteiger partial charge is 0.354 e. The van der Waals surface area contributed by atoms with Gasteiger partial charge in [0.25, 0.3) is 0 Å². The van der Waals surface area contributed by atoms with Gasteiger partial charge in [0.2, 0.25) is 0 Å². The van der Waals surface area contributed by atoms with E-state index < -0.39 is 12.2 Å². The van der Waals surface area contributed by atoms with E-state index in [2.05, 4.69) is 13.8 Å². The van der Waals surface area contributed by atoms with E-state index in [1.807, 2.05) is 13.8 Å². The number of halogens is 3. The van der Waals surface area contributed by atoms with Gasteiger partial charge in [-0.05, 0) is 13.1 Å². The number of alkyl halides is 3. The zero-order valence-electron chi connectivity index (χ0n) is 8.36. The molecule has 0 aromatic heterocycles. The quantitative estimate of drug-likeness (QED) is 0.698. The summed E-state index contributed by atoms with van der Waals surface area (Å²) in [4.78, 5) is 1.03. The van der Waals surface area contributed by atoms with Crippen LogP contribution in [0, 0.1) is 13.8 Å². The van der Waals surface area contributed by atoms with Crippen molar-refractivity contribution in [2.45, 2.75) is 26.1 Å². The van der Waals surface area contributed by atoms with Crippen molar-refractivity contribution in [3.8, 4) is 0 Å². The Labute approximate surface area is 104 Å². The van der Waals surface area contributed by atoms with Gasteiger partial charge < -0.3 is 18.7 Å². The van der Waals surface area contributed by atoms with Gasteiger partial charge in [0, 0.05) is 32.7 Å². The maximum atomic E-state index is 11.8. The summed E-state index contributed by atoms with van der Waals surface area (Å²) >= 11 is 0. The summed E-state index contributed by atoms with van der Waals surface area (Å²) < 4.78 is 35.3. The van der Waals surface area contributed by atoms with Gasteiger partial charge >= 0.3 is 6.18 Å². The first-order valence-corrected chi connectivity index (χ1v) is 3.79. The second-order valence-electron chi connectivity index (χ2n) is 2.04. The maximum Gasteiger partial charge on any atom is 0.377 e. The molecule has 0 N–H and O–H groups in total. The van der Waals surface area contributed by atoms with E-state index in [1.165, 1.54) is 7.05 Å². The standard InChI is InChI=1S/C6H10F3N.C2H6.Y/c1-4-10(3)5(2)6(7,8)9;1-2;/h5H,1-2,4H2,3H3;1-2H3;/q-2;;. The fourth-order valence-electron chi connectivity index (χ4n) is 0.406. The number of nitrogens with zero attached hydrogens (tertiary/aromatic N) is 1. The zero-order chi connectivity index (χ0) is 10.4. The molecule has 0 fully saturated rings. The van der Waals surface area contributed by atoms with Gasteiger partial charge in [-0.1, -0.05) is 13.8 Å². The van der Waals surface area contributed by atoms with Crippen LogP contribution in [-0.4, -0.2) is 30.7 Å².